The van der Waals surface area contributed by atoms with E-state index in [9.17, 15) is 13.2 Å². The van der Waals surface area contributed by atoms with Gasteiger partial charge in [0.1, 0.15) is 6.54 Å². The second-order valence-corrected chi connectivity index (χ2v) is 10.5. The SMILES string of the molecule is CC(C)c1ccc(N(CC(=O)Nc2ccccc2Sc2ccccc2)S(C)(=O)=O)cc1. The minimum absolute atomic E-state index is 0.301. The van der Waals surface area contributed by atoms with Crippen molar-refractivity contribution in [2.45, 2.75) is 29.6 Å². The van der Waals surface area contributed by atoms with Gasteiger partial charge in [0.05, 0.1) is 17.6 Å². The molecule has 3 rings (SSSR count). The number of anilines is 2. The Hall–Kier alpha value is -2.77. The van der Waals surface area contributed by atoms with Gasteiger partial charge in [-0.15, -0.1) is 0 Å². The van der Waals surface area contributed by atoms with Crippen molar-refractivity contribution in [3.63, 3.8) is 0 Å². The van der Waals surface area contributed by atoms with Gasteiger partial charge < -0.3 is 5.32 Å². The van der Waals surface area contributed by atoms with Crippen molar-refractivity contribution in [3.8, 4) is 0 Å². The van der Waals surface area contributed by atoms with Gasteiger partial charge in [0, 0.05) is 9.79 Å². The van der Waals surface area contributed by atoms with Crippen LogP contribution in [0.1, 0.15) is 25.3 Å². The van der Waals surface area contributed by atoms with Crippen molar-refractivity contribution in [1.29, 1.82) is 0 Å². The predicted molar refractivity (Wildman–Crippen MR) is 128 cm³/mol. The van der Waals surface area contributed by atoms with Crippen LogP contribution >= 0.6 is 11.8 Å². The van der Waals surface area contributed by atoms with Gasteiger partial charge in [0.15, 0.2) is 0 Å². The fraction of sp³-hybridized carbons (Fsp3) is 0.208. The summed E-state index contributed by atoms with van der Waals surface area (Å²) < 4.78 is 25.9. The smallest absolute Gasteiger partial charge is 0.245 e. The van der Waals surface area contributed by atoms with E-state index in [0.29, 0.717) is 17.3 Å². The molecule has 0 aliphatic heterocycles. The van der Waals surface area contributed by atoms with Gasteiger partial charge >= 0.3 is 0 Å². The number of nitrogens with one attached hydrogen (secondary N) is 1. The summed E-state index contributed by atoms with van der Waals surface area (Å²) in [6, 6.07) is 24.6. The number of sulfonamides is 1. The minimum atomic E-state index is -3.63. The normalized spacial score (nSPS) is 11.4. The zero-order valence-corrected chi connectivity index (χ0v) is 19.4. The highest BCUT2D eigenvalue weighted by Crippen LogP contribution is 2.33. The Labute approximate surface area is 188 Å². The molecule has 0 spiro atoms. The summed E-state index contributed by atoms with van der Waals surface area (Å²) in [5.41, 5.74) is 2.22. The van der Waals surface area contributed by atoms with Crippen molar-refractivity contribution in [1.82, 2.24) is 0 Å². The minimum Gasteiger partial charge on any atom is -0.323 e. The van der Waals surface area contributed by atoms with Gasteiger partial charge in [0.2, 0.25) is 15.9 Å². The van der Waals surface area contributed by atoms with E-state index in [1.807, 2.05) is 66.7 Å². The molecule has 0 heterocycles. The fourth-order valence-electron chi connectivity index (χ4n) is 3.02. The van der Waals surface area contributed by atoms with Crippen molar-refractivity contribution in [2.75, 3.05) is 22.4 Å². The average Bonchev–Trinajstić information content (AvgIpc) is 2.73. The van der Waals surface area contributed by atoms with Crippen LogP contribution in [0.15, 0.2) is 88.7 Å². The van der Waals surface area contributed by atoms with E-state index >= 15 is 0 Å². The van der Waals surface area contributed by atoms with E-state index in [2.05, 4.69) is 19.2 Å². The van der Waals surface area contributed by atoms with Crippen LogP contribution in [0.4, 0.5) is 11.4 Å². The average molecular weight is 455 g/mol. The summed E-state index contributed by atoms with van der Waals surface area (Å²) in [7, 11) is -3.63. The second kappa shape index (κ2) is 10.0. The summed E-state index contributed by atoms with van der Waals surface area (Å²) in [5.74, 6) is -0.0675. The van der Waals surface area contributed by atoms with Crippen LogP contribution in [0.3, 0.4) is 0 Å². The number of nitrogens with zero attached hydrogens (tertiary/aromatic N) is 1. The molecule has 0 saturated carbocycles. The molecule has 1 amide bonds. The molecule has 0 radical (unpaired) electrons. The highest BCUT2D eigenvalue weighted by molar-refractivity contribution is 7.99. The molecule has 0 aliphatic carbocycles. The molecule has 1 N–H and O–H groups in total. The Bertz CT molecular complexity index is 1130. The predicted octanol–water partition coefficient (Wildman–Crippen LogP) is 5.37. The number of carbonyl (C=O) groups is 1. The van der Waals surface area contributed by atoms with Crippen LogP contribution in [0, 0.1) is 0 Å². The van der Waals surface area contributed by atoms with E-state index in [0.717, 1.165) is 25.9 Å². The lowest BCUT2D eigenvalue weighted by Gasteiger charge is -2.22. The van der Waals surface area contributed by atoms with Crippen LogP contribution in [-0.4, -0.2) is 27.1 Å². The molecule has 3 aromatic carbocycles. The molecule has 0 bridgehead atoms. The van der Waals surface area contributed by atoms with Gasteiger partial charge in [-0.05, 0) is 47.9 Å². The number of carbonyl (C=O) groups excluding carboxylic acids is 1. The summed E-state index contributed by atoms with van der Waals surface area (Å²) >= 11 is 1.53. The van der Waals surface area contributed by atoms with Crippen molar-refractivity contribution in [2.24, 2.45) is 0 Å². The lowest BCUT2D eigenvalue weighted by Crippen LogP contribution is -2.37. The first-order valence-corrected chi connectivity index (χ1v) is 12.6. The number of hydrogen-bond donors (Lipinski definition) is 1. The zero-order chi connectivity index (χ0) is 22.4. The van der Waals surface area contributed by atoms with Crippen LogP contribution in [0.25, 0.3) is 0 Å². The van der Waals surface area contributed by atoms with Gasteiger partial charge in [0.25, 0.3) is 0 Å². The first kappa shape index (κ1) is 22.9. The molecule has 31 heavy (non-hydrogen) atoms. The third kappa shape index (κ3) is 6.35. The lowest BCUT2D eigenvalue weighted by molar-refractivity contribution is -0.114. The molecule has 0 unspecified atom stereocenters. The Morgan fingerprint density at radius 2 is 1.55 bits per heavy atom. The van der Waals surface area contributed by atoms with E-state index < -0.39 is 15.9 Å². The molecule has 3 aromatic rings. The molecular formula is C24H26N2O3S2. The van der Waals surface area contributed by atoms with Crippen LogP contribution in [0.5, 0.6) is 0 Å². The number of rotatable bonds is 8. The summed E-state index contributed by atoms with van der Waals surface area (Å²) in [6.45, 7) is 3.84. The quantitative estimate of drug-likeness (QED) is 0.497. The van der Waals surface area contributed by atoms with Gasteiger partial charge in [-0.2, -0.15) is 0 Å². The molecule has 0 aliphatic rings. The maximum atomic E-state index is 12.8. The summed E-state index contributed by atoms with van der Waals surface area (Å²) in [4.78, 5) is 14.7. The van der Waals surface area contributed by atoms with E-state index in [4.69, 9.17) is 0 Å². The lowest BCUT2D eigenvalue weighted by atomic mass is 10.0. The van der Waals surface area contributed by atoms with Crippen LogP contribution in [-0.2, 0) is 14.8 Å². The molecule has 5 nitrogen and oxygen atoms in total. The van der Waals surface area contributed by atoms with Crippen molar-refractivity contribution >= 4 is 39.1 Å². The van der Waals surface area contributed by atoms with Crippen molar-refractivity contribution < 1.29 is 13.2 Å². The Morgan fingerprint density at radius 3 is 2.16 bits per heavy atom. The first-order chi connectivity index (χ1) is 14.7. The largest absolute Gasteiger partial charge is 0.323 e. The molecule has 0 atom stereocenters. The summed E-state index contributed by atoms with van der Waals surface area (Å²) in [5, 5.41) is 2.87. The maximum Gasteiger partial charge on any atom is 0.245 e. The third-order valence-corrected chi connectivity index (χ3v) is 6.89. The highest BCUT2D eigenvalue weighted by Gasteiger charge is 2.21. The monoisotopic (exact) mass is 454 g/mol. The van der Waals surface area contributed by atoms with Gasteiger partial charge in [-0.25, -0.2) is 8.42 Å². The topological polar surface area (TPSA) is 66.5 Å². The van der Waals surface area contributed by atoms with Gasteiger partial charge in [-0.1, -0.05) is 68.1 Å². The van der Waals surface area contributed by atoms with Crippen molar-refractivity contribution in [3.05, 3.63) is 84.4 Å². The Balaban J connectivity index is 1.78. The summed E-state index contributed by atoms with van der Waals surface area (Å²) in [6.07, 6.45) is 1.11. The standard InChI is InChI=1S/C24H26N2O3S2/c1-18(2)19-13-15-20(16-14-19)26(31(3,28)29)17-24(27)25-22-11-7-8-12-23(22)30-21-9-5-4-6-10-21/h4-16,18H,17H2,1-3H3,(H,25,27). The number of hydrogen-bond acceptors (Lipinski definition) is 4. The van der Waals surface area contributed by atoms with E-state index in [-0.39, 0.29) is 6.54 Å². The van der Waals surface area contributed by atoms with Crippen LogP contribution in [0.2, 0.25) is 0 Å². The Kier molecular flexibility index (Phi) is 7.41. The highest BCUT2D eigenvalue weighted by atomic mass is 32.2. The number of para-hydroxylation sites is 1. The second-order valence-electron chi connectivity index (χ2n) is 7.48. The molecule has 162 valence electrons. The molecule has 7 heteroatoms. The van der Waals surface area contributed by atoms with E-state index in [1.165, 1.54) is 11.8 Å². The third-order valence-electron chi connectivity index (χ3n) is 4.67. The molecule has 0 fully saturated rings. The fourth-order valence-corrected chi connectivity index (χ4v) is 4.80. The molecule has 0 aromatic heterocycles. The maximum absolute atomic E-state index is 12.8. The molecule has 0 saturated heterocycles. The number of benzene rings is 3. The van der Waals surface area contributed by atoms with Gasteiger partial charge in [-0.3, -0.25) is 9.10 Å². The Morgan fingerprint density at radius 1 is 0.935 bits per heavy atom. The van der Waals surface area contributed by atoms with Crippen LogP contribution < -0.4 is 9.62 Å². The molecular weight excluding hydrogens is 428 g/mol. The number of amides is 1. The van der Waals surface area contributed by atoms with E-state index in [1.54, 1.807) is 12.1 Å². The first-order valence-electron chi connectivity index (χ1n) is 9.93. The zero-order valence-electron chi connectivity index (χ0n) is 17.8.